The van der Waals surface area contributed by atoms with Crippen LogP contribution in [0.4, 0.5) is 0 Å². The van der Waals surface area contributed by atoms with Crippen LogP contribution in [0.15, 0.2) is 24.3 Å². The van der Waals surface area contributed by atoms with Gasteiger partial charge in [-0.15, -0.1) is 0 Å². The fraction of sp³-hybridized carbons (Fsp3) is 0.533. The maximum absolute atomic E-state index is 12.6. The number of nitrogens with zero attached hydrogens (tertiary/aromatic N) is 1. The molecule has 0 saturated carbocycles. The van der Waals surface area contributed by atoms with Gasteiger partial charge in [-0.05, 0) is 24.0 Å². The van der Waals surface area contributed by atoms with Gasteiger partial charge < -0.3 is 15.3 Å². The first-order valence-corrected chi connectivity index (χ1v) is 7.01. The van der Waals surface area contributed by atoms with E-state index in [4.69, 9.17) is 0 Å². The zero-order valence-electron chi connectivity index (χ0n) is 11.0. The van der Waals surface area contributed by atoms with Gasteiger partial charge in [0.1, 0.15) is 0 Å². The largest absolute Gasteiger partial charge is 0.393 e. The van der Waals surface area contributed by atoms with Gasteiger partial charge in [0.2, 0.25) is 5.91 Å². The van der Waals surface area contributed by atoms with Crippen LogP contribution in [-0.2, 0) is 11.3 Å². The number of carbonyl (C=O) groups is 1. The Kier molecular flexibility index (Phi) is 3.53. The molecule has 0 aliphatic carbocycles. The van der Waals surface area contributed by atoms with Crippen LogP contribution in [0.25, 0.3) is 0 Å². The van der Waals surface area contributed by atoms with Crippen molar-refractivity contribution >= 4 is 5.91 Å². The summed E-state index contributed by atoms with van der Waals surface area (Å²) in [5.74, 6) is 0.131. The van der Waals surface area contributed by atoms with Gasteiger partial charge in [-0.2, -0.15) is 0 Å². The molecule has 1 atom stereocenters. The Labute approximate surface area is 113 Å². The van der Waals surface area contributed by atoms with Crippen LogP contribution in [0, 0.1) is 0 Å². The molecule has 0 bridgehead atoms. The minimum atomic E-state index is -0.235. The molecule has 102 valence electrons. The number of fused-ring (bicyclic) bond motifs is 1. The summed E-state index contributed by atoms with van der Waals surface area (Å²) in [6.45, 7) is 2.92. The lowest BCUT2D eigenvalue weighted by Crippen LogP contribution is -2.45. The number of rotatable bonds is 1. The van der Waals surface area contributed by atoms with E-state index in [2.05, 4.69) is 17.4 Å². The second kappa shape index (κ2) is 5.31. The first-order chi connectivity index (χ1) is 9.25. The van der Waals surface area contributed by atoms with Gasteiger partial charge >= 0.3 is 0 Å². The maximum Gasteiger partial charge on any atom is 0.231 e. The van der Waals surface area contributed by atoms with Gasteiger partial charge in [0, 0.05) is 26.2 Å². The molecule has 0 aromatic heterocycles. The first-order valence-electron chi connectivity index (χ1n) is 7.01. The lowest BCUT2D eigenvalue weighted by Gasteiger charge is -2.34. The third-order valence-electron chi connectivity index (χ3n) is 4.17. The Morgan fingerprint density at radius 1 is 1.26 bits per heavy atom. The van der Waals surface area contributed by atoms with E-state index in [0.717, 1.165) is 18.7 Å². The van der Waals surface area contributed by atoms with Crippen LogP contribution in [0.1, 0.15) is 29.9 Å². The molecular formula is C15H20N2O2. The Balaban J connectivity index is 1.78. The van der Waals surface area contributed by atoms with E-state index in [1.807, 2.05) is 17.0 Å². The van der Waals surface area contributed by atoms with E-state index in [1.165, 1.54) is 5.56 Å². The molecule has 4 nitrogen and oxygen atoms in total. The van der Waals surface area contributed by atoms with Crippen molar-refractivity contribution in [3.8, 4) is 0 Å². The van der Waals surface area contributed by atoms with Gasteiger partial charge in [-0.1, -0.05) is 24.3 Å². The molecule has 2 heterocycles. The highest BCUT2D eigenvalue weighted by Crippen LogP contribution is 2.26. The third-order valence-corrected chi connectivity index (χ3v) is 4.17. The molecule has 0 spiro atoms. The molecule has 2 aliphatic rings. The zero-order valence-corrected chi connectivity index (χ0v) is 11.0. The second-order valence-electron chi connectivity index (χ2n) is 5.44. The predicted octanol–water partition coefficient (Wildman–Crippen LogP) is 0.857. The van der Waals surface area contributed by atoms with Crippen LogP contribution in [-0.4, -0.2) is 41.7 Å². The van der Waals surface area contributed by atoms with E-state index in [-0.39, 0.29) is 17.9 Å². The van der Waals surface area contributed by atoms with E-state index < -0.39 is 0 Å². The monoisotopic (exact) mass is 260 g/mol. The molecule has 19 heavy (non-hydrogen) atoms. The molecule has 1 fully saturated rings. The molecule has 4 heteroatoms. The standard InChI is InChI=1S/C15H20N2O2/c18-12-5-7-17(8-6-12)15(19)14-10-16-9-11-3-1-2-4-13(11)14/h1-4,12,14,16,18H,5-10H2. The molecular weight excluding hydrogens is 240 g/mol. The number of hydrogen-bond acceptors (Lipinski definition) is 3. The van der Waals surface area contributed by atoms with E-state index in [1.54, 1.807) is 0 Å². The van der Waals surface area contributed by atoms with Crippen molar-refractivity contribution in [3.63, 3.8) is 0 Å². The van der Waals surface area contributed by atoms with Crippen LogP contribution < -0.4 is 5.32 Å². The first kappa shape index (κ1) is 12.6. The quantitative estimate of drug-likeness (QED) is 0.787. The molecule has 0 radical (unpaired) electrons. The summed E-state index contributed by atoms with van der Waals surface area (Å²) in [4.78, 5) is 14.5. The minimum absolute atomic E-state index is 0.0693. The molecule has 1 saturated heterocycles. The number of likely N-dealkylation sites (tertiary alicyclic amines) is 1. The van der Waals surface area contributed by atoms with Gasteiger partial charge in [-0.3, -0.25) is 4.79 Å². The second-order valence-corrected chi connectivity index (χ2v) is 5.44. The van der Waals surface area contributed by atoms with E-state index >= 15 is 0 Å². The van der Waals surface area contributed by atoms with Crippen molar-refractivity contribution in [3.05, 3.63) is 35.4 Å². The van der Waals surface area contributed by atoms with Crippen LogP contribution in [0.2, 0.25) is 0 Å². The lowest BCUT2D eigenvalue weighted by atomic mass is 9.89. The van der Waals surface area contributed by atoms with Crippen LogP contribution >= 0.6 is 0 Å². The summed E-state index contributed by atoms with van der Waals surface area (Å²) in [5, 5.41) is 12.8. The molecule has 1 unspecified atom stereocenters. The Morgan fingerprint density at radius 3 is 2.79 bits per heavy atom. The number of benzene rings is 1. The Bertz CT molecular complexity index is 467. The summed E-state index contributed by atoms with van der Waals surface area (Å²) >= 11 is 0. The van der Waals surface area contributed by atoms with Crippen molar-refractivity contribution in [2.45, 2.75) is 31.4 Å². The molecule has 1 amide bonds. The normalized spacial score (nSPS) is 24.1. The molecule has 2 aliphatic heterocycles. The number of aliphatic hydroxyl groups excluding tert-OH is 1. The van der Waals surface area contributed by atoms with Gasteiger partial charge in [0.05, 0.1) is 12.0 Å². The number of piperidine rings is 1. The predicted molar refractivity (Wildman–Crippen MR) is 72.7 cm³/mol. The summed E-state index contributed by atoms with van der Waals surface area (Å²) in [5.41, 5.74) is 2.39. The Morgan fingerprint density at radius 2 is 2.00 bits per heavy atom. The van der Waals surface area contributed by atoms with Gasteiger partial charge in [0.25, 0.3) is 0 Å². The topological polar surface area (TPSA) is 52.6 Å². The number of amides is 1. The number of hydrogen-bond donors (Lipinski definition) is 2. The van der Waals surface area contributed by atoms with Crippen molar-refractivity contribution < 1.29 is 9.90 Å². The minimum Gasteiger partial charge on any atom is -0.393 e. The lowest BCUT2D eigenvalue weighted by molar-refractivity contribution is -0.134. The highest BCUT2D eigenvalue weighted by Gasteiger charge is 2.31. The van der Waals surface area contributed by atoms with Gasteiger partial charge in [0.15, 0.2) is 0 Å². The number of nitrogens with one attached hydrogen (secondary N) is 1. The highest BCUT2D eigenvalue weighted by atomic mass is 16.3. The van der Waals surface area contributed by atoms with E-state index in [0.29, 0.717) is 25.9 Å². The summed E-state index contributed by atoms with van der Waals surface area (Å²) in [7, 11) is 0. The molecule has 3 rings (SSSR count). The van der Waals surface area contributed by atoms with Crippen LogP contribution in [0.3, 0.4) is 0 Å². The Hall–Kier alpha value is -1.39. The molecule has 1 aromatic rings. The van der Waals surface area contributed by atoms with Crippen LogP contribution in [0.5, 0.6) is 0 Å². The zero-order chi connectivity index (χ0) is 13.2. The average molecular weight is 260 g/mol. The smallest absolute Gasteiger partial charge is 0.231 e. The van der Waals surface area contributed by atoms with Gasteiger partial charge in [-0.25, -0.2) is 0 Å². The van der Waals surface area contributed by atoms with Crippen molar-refractivity contribution in [1.82, 2.24) is 10.2 Å². The number of aliphatic hydroxyl groups is 1. The summed E-state index contributed by atoms with van der Waals surface area (Å²) in [6.07, 6.45) is 1.17. The maximum atomic E-state index is 12.6. The van der Waals surface area contributed by atoms with Crippen molar-refractivity contribution in [1.29, 1.82) is 0 Å². The molecule has 1 aromatic carbocycles. The average Bonchev–Trinajstić information content (AvgIpc) is 2.47. The fourth-order valence-corrected chi connectivity index (χ4v) is 3.02. The van der Waals surface area contributed by atoms with E-state index in [9.17, 15) is 9.90 Å². The fourth-order valence-electron chi connectivity index (χ4n) is 3.02. The highest BCUT2D eigenvalue weighted by molar-refractivity contribution is 5.84. The van der Waals surface area contributed by atoms with Crippen molar-refractivity contribution in [2.24, 2.45) is 0 Å². The summed E-state index contributed by atoms with van der Waals surface area (Å²) in [6, 6.07) is 8.17. The summed E-state index contributed by atoms with van der Waals surface area (Å²) < 4.78 is 0. The number of carbonyl (C=O) groups excluding carboxylic acids is 1. The SMILES string of the molecule is O=C(C1CNCc2ccccc21)N1CCC(O)CC1. The molecule has 2 N–H and O–H groups in total. The third kappa shape index (κ3) is 2.51. The van der Waals surface area contributed by atoms with Crippen molar-refractivity contribution in [2.75, 3.05) is 19.6 Å².